The summed E-state index contributed by atoms with van der Waals surface area (Å²) in [6.07, 6.45) is 1.80. The van der Waals surface area contributed by atoms with Gasteiger partial charge in [-0.2, -0.15) is 5.10 Å². The third-order valence-electron chi connectivity index (χ3n) is 2.42. The summed E-state index contributed by atoms with van der Waals surface area (Å²) in [5.41, 5.74) is 6.50. The van der Waals surface area contributed by atoms with Crippen LogP contribution in [0.4, 0.5) is 0 Å². The molecular weight excluding hydrogens is 174 g/mol. The molecule has 3 nitrogen and oxygen atoms in total. The van der Waals surface area contributed by atoms with Crippen LogP contribution < -0.4 is 5.73 Å². The lowest BCUT2D eigenvalue weighted by atomic mass is 10.1. The molecule has 1 atom stereocenters. The van der Waals surface area contributed by atoms with Gasteiger partial charge in [-0.15, -0.1) is 0 Å². The molecular formula is C11H14N3+. The standard InChI is InChI=1S/C11H13N3/c1-14-10(7-8-13-14)11(12)9-5-3-2-4-6-9/h2-8,11H,12H2,1H3/p+1/t11-/m1/s1. The molecule has 3 heteroatoms. The molecule has 1 heterocycles. The molecule has 0 aliphatic rings. The van der Waals surface area contributed by atoms with Crippen molar-refractivity contribution in [2.24, 2.45) is 7.05 Å². The Hall–Kier alpha value is -1.61. The summed E-state index contributed by atoms with van der Waals surface area (Å²) in [7, 11) is 1.94. The quantitative estimate of drug-likeness (QED) is 0.742. The first-order valence-corrected chi connectivity index (χ1v) is 4.65. The van der Waals surface area contributed by atoms with Crippen molar-refractivity contribution in [1.29, 1.82) is 0 Å². The van der Waals surface area contributed by atoms with E-state index in [-0.39, 0.29) is 6.04 Å². The Labute approximate surface area is 83.2 Å². The lowest BCUT2D eigenvalue weighted by molar-refractivity contribution is -0.413. The predicted molar refractivity (Wildman–Crippen MR) is 54.4 cm³/mol. The van der Waals surface area contributed by atoms with E-state index < -0.39 is 0 Å². The summed E-state index contributed by atoms with van der Waals surface area (Å²) in [4.78, 5) is 0. The Morgan fingerprint density at radius 2 is 1.93 bits per heavy atom. The minimum absolute atomic E-state index is 0.156. The number of benzene rings is 1. The van der Waals surface area contributed by atoms with E-state index in [0.717, 1.165) is 5.69 Å². The second-order valence-electron chi connectivity index (χ2n) is 3.34. The zero-order valence-electron chi connectivity index (χ0n) is 8.22. The van der Waals surface area contributed by atoms with Gasteiger partial charge in [0.25, 0.3) is 0 Å². The molecule has 0 bridgehead atoms. The Morgan fingerprint density at radius 1 is 1.21 bits per heavy atom. The first kappa shape index (κ1) is 8.97. The van der Waals surface area contributed by atoms with Gasteiger partial charge < -0.3 is 5.73 Å². The van der Waals surface area contributed by atoms with Crippen LogP contribution in [0.25, 0.3) is 0 Å². The van der Waals surface area contributed by atoms with Crippen LogP contribution in [-0.2, 0) is 7.05 Å². The van der Waals surface area contributed by atoms with E-state index in [9.17, 15) is 0 Å². The highest BCUT2D eigenvalue weighted by atomic mass is 15.3. The molecule has 72 valence electrons. The maximum Gasteiger partial charge on any atom is 0.152 e. The van der Waals surface area contributed by atoms with E-state index in [0.29, 0.717) is 0 Å². The second kappa shape index (κ2) is 3.64. The SMILES string of the molecule is Cn1nccc1[C@H]([NH3+])c1ccccc1. The summed E-state index contributed by atoms with van der Waals surface area (Å²) < 4.78 is 1.87. The molecule has 1 aromatic heterocycles. The van der Waals surface area contributed by atoms with Gasteiger partial charge in [-0.3, -0.25) is 4.68 Å². The molecule has 0 aliphatic carbocycles. The third-order valence-corrected chi connectivity index (χ3v) is 2.42. The van der Waals surface area contributed by atoms with Crippen molar-refractivity contribution in [3.8, 4) is 0 Å². The zero-order valence-corrected chi connectivity index (χ0v) is 8.22. The monoisotopic (exact) mass is 188 g/mol. The van der Waals surface area contributed by atoms with Crippen LogP contribution in [0, 0.1) is 0 Å². The number of aryl methyl sites for hydroxylation is 1. The first-order valence-electron chi connectivity index (χ1n) is 4.65. The second-order valence-corrected chi connectivity index (χ2v) is 3.34. The number of nitrogens with zero attached hydrogens (tertiary/aromatic N) is 2. The molecule has 2 rings (SSSR count). The molecule has 0 fully saturated rings. The van der Waals surface area contributed by atoms with E-state index >= 15 is 0 Å². The molecule has 2 aromatic rings. The van der Waals surface area contributed by atoms with Crippen LogP contribution in [0.5, 0.6) is 0 Å². The van der Waals surface area contributed by atoms with Crippen LogP contribution in [0.1, 0.15) is 17.3 Å². The molecule has 0 amide bonds. The van der Waals surface area contributed by atoms with Gasteiger partial charge in [0.2, 0.25) is 0 Å². The maximum absolute atomic E-state index is 4.15. The van der Waals surface area contributed by atoms with Gasteiger partial charge in [0, 0.05) is 18.8 Å². The summed E-state index contributed by atoms with van der Waals surface area (Å²) in [6.45, 7) is 0. The Kier molecular flexibility index (Phi) is 2.33. The predicted octanol–water partition coefficient (Wildman–Crippen LogP) is 0.751. The zero-order chi connectivity index (χ0) is 9.97. The summed E-state index contributed by atoms with van der Waals surface area (Å²) in [5.74, 6) is 0. The maximum atomic E-state index is 4.15. The fourth-order valence-corrected chi connectivity index (χ4v) is 1.58. The minimum atomic E-state index is 0.156. The van der Waals surface area contributed by atoms with Crippen LogP contribution in [0.2, 0.25) is 0 Å². The minimum Gasteiger partial charge on any atom is -0.346 e. The third kappa shape index (κ3) is 1.54. The Bertz CT molecular complexity index is 405. The fraction of sp³-hybridized carbons (Fsp3) is 0.182. The highest BCUT2D eigenvalue weighted by Gasteiger charge is 2.14. The van der Waals surface area contributed by atoms with E-state index in [2.05, 4.69) is 23.0 Å². The summed E-state index contributed by atoms with van der Waals surface area (Å²) in [5, 5.41) is 4.14. The molecule has 3 N–H and O–H groups in total. The number of hydrogen-bond donors (Lipinski definition) is 1. The van der Waals surface area contributed by atoms with E-state index in [1.54, 1.807) is 6.20 Å². The lowest BCUT2D eigenvalue weighted by Gasteiger charge is -2.08. The first-order chi connectivity index (χ1) is 6.79. The van der Waals surface area contributed by atoms with Gasteiger partial charge in [0.1, 0.15) is 0 Å². The average molecular weight is 188 g/mol. The van der Waals surface area contributed by atoms with Crippen molar-refractivity contribution >= 4 is 0 Å². The van der Waals surface area contributed by atoms with E-state index in [1.807, 2.05) is 36.0 Å². The lowest BCUT2D eigenvalue weighted by Crippen LogP contribution is -2.54. The molecule has 0 saturated carbocycles. The molecule has 14 heavy (non-hydrogen) atoms. The molecule has 0 unspecified atom stereocenters. The largest absolute Gasteiger partial charge is 0.346 e. The molecule has 0 spiro atoms. The van der Waals surface area contributed by atoms with Gasteiger partial charge in [-0.1, -0.05) is 30.3 Å². The topological polar surface area (TPSA) is 45.5 Å². The number of rotatable bonds is 2. The normalized spacial score (nSPS) is 12.7. The van der Waals surface area contributed by atoms with E-state index in [1.165, 1.54) is 5.56 Å². The summed E-state index contributed by atoms with van der Waals surface area (Å²) in [6, 6.07) is 12.4. The van der Waals surface area contributed by atoms with Gasteiger partial charge in [0.05, 0.1) is 5.69 Å². The van der Waals surface area contributed by atoms with Crippen molar-refractivity contribution in [2.45, 2.75) is 6.04 Å². The number of hydrogen-bond acceptors (Lipinski definition) is 1. The van der Waals surface area contributed by atoms with Crippen LogP contribution in [0.3, 0.4) is 0 Å². The molecule has 0 aliphatic heterocycles. The van der Waals surface area contributed by atoms with Gasteiger partial charge in [-0.05, 0) is 6.07 Å². The molecule has 0 saturated heterocycles. The van der Waals surface area contributed by atoms with Crippen molar-refractivity contribution < 1.29 is 5.73 Å². The highest BCUT2D eigenvalue weighted by Crippen LogP contribution is 2.15. The fourth-order valence-electron chi connectivity index (χ4n) is 1.58. The number of aromatic nitrogens is 2. The van der Waals surface area contributed by atoms with Gasteiger partial charge in [-0.25, -0.2) is 0 Å². The smallest absolute Gasteiger partial charge is 0.152 e. The van der Waals surface area contributed by atoms with Gasteiger partial charge in [0.15, 0.2) is 6.04 Å². The summed E-state index contributed by atoms with van der Waals surface area (Å²) >= 11 is 0. The Morgan fingerprint density at radius 3 is 2.50 bits per heavy atom. The van der Waals surface area contributed by atoms with Crippen LogP contribution >= 0.6 is 0 Å². The molecule has 0 radical (unpaired) electrons. The average Bonchev–Trinajstić information content (AvgIpc) is 2.65. The number of quaternary nitrogens is 1. The van der Waals surface area contributed by atoms with Crippen LogP contribution in [-0.4, -0.2) is 9.78 Å². The van der Waals surface area contributed by atoms with Crippen molar-refractivity contribution in [2.75, 3.05) is 0 Å². The van der Waals surface area contributed by atoms with Crippen molar-refractivity contribution in [1.82, 2.24) is 9.78 Å². The van der Waals surface area contributed by atoms with E-state index in [4.69, 9.17) is 0 Å². The van der Waals surface area contributed by atoms with Crippen LogP contribution in [0.15, 0.2) is 42.6 Å². The molecule has 1 aromatic carbocycles. The van der Waals surface area contributed by atoms with Gasteiger partial charge >= 0.3 is 0 Å². The highest BCUT2D eigenvalue weighted by molar-refractivity contribution is 5.24. The van der Waals surface area contributed by atoms with Crippen molar-refractivity contribution in [3.05, 3.63) is 53.9 Å². The van der Waals surface area contributed by atoms with Crippen molar-refractivity contribution in [3.63, 3.8) is 0 Å². The Balaban J connectivity index is 2.34.